The van der Waals surface area contributed by atoms with Crippen molar-refractivity contribution in [3.8, 4) is 5.75 Å². The first kappa shape index (κ1) is 15.6. The molecule has 4 nitrogen and oxygen atoms in total. The van der Waals surface area contributed by atoms with E-state index < -0.39 is 18.6 Å². The van der Waals surface area contributed by atoms with Gasteiger partial charge in [0.1, 0.15) is 12.3 Å². The van der Waals surface area contributed by atoms with Crippen LogP contribution in [0.15, 0.2) is 24.3 Å². The number of carbonyl (C=O) groups excluding carboxylic acids is 1. The number of carbonyl (C=O) groups is 1. The molecule has 1 aromatic carbocycles. The molecule has 0 fully saturated rings. The first-order chi connectivity index (χ1) is 9.87. The topological polar surface area (TPSA) is 50.4 Å². The van der Waals surface area contributed by atoms with Crippen LogP contribution in [0.5, 0.6) is 5.75 Å². The highest BCUT2D eigenvalue weighted by Gasteiger charge is 2.30. The molecule has 0 aliphatic carbocycles. The fraction of sp³-hybridized carbons (Fsp3) is 0.500. The van der Waals surface area contributed by atoms with Crippen LogP contribution in [0, 0.1) is 0 Å². The summed E-state index contributed by atoms with van der Waals surface area (Å²) in [5.41, 5.74) is 1.05. The molecule has 1 aliphatic rings. The zero-order chi connectivity index (χ0) is 15.5. The average molecular weight is 302 g/mol. The lowest BCUT2D eigenvalue weighted by Gasteiger charge is -2.19. The molecule has 1 heterocycles. The van der Waals surface area contributed by atoms with Crippen LogP contribution in [0.4, 0.5) is 13.2 Å². The Morgan fingerprint density at radius 2 is 2.14 bits per heavy atom. The van der Waals surface area contributed by atoms with Crippen LogP contribution in [0.3, 0.4) is 0 Å². The molecular formula is C14H17F3N2O2. The van der Waals surface area contributed by atoms with E-state index in [4.69, 9.17) is 4.74 Å². The van der Waals surface area contributed by atoms with Gasteiger partial charge in [-0.15, -0.1) is 0 Å². The first-order valence-corrected chi connectivity index (χ1v) is 6.65. The highest BCUT2D eigenvalue weighted by atomic mass is 19.4. The summed E-state index contributed by atoms with van der Waals surface area (Å²) in [5, 5.41) is 4.77. The van der Waals surface area contributed by atoms with Crippen molar-refractivity contribution in [2.24, 2.45) is 0 Å². The lowest BCUT2D eigenvalue weighted by molar-refractivity contribution is -0.137. The molecule has 1 aliphatic heterocycles. The van der Waals surface area contributed by atoms with Gasteiger partial charge in [0.05, 0.1) is 13.2 Å². The summed E-state index contributed by atoms with van der Waals surface area (Å²) < 4.78 is 41.5. The Bertz CT molecular complexity index is 505. The quantitative estimate of drug-likeness (QED) is 0.872. The predicted molar refractivity (Wildman–Crippen MR) is 71.2 cm³/mol. The highest BCUT2D eigenvalue weighted by Crippen LogP contribution is 2.35. The van der Waals surface area contributed by atoms with Crippen molar-refractivity contribution in [1.29, 1.82) is 0 Å². The van der Waals surface area contributed by atoms with E-state index in [1.165, 1.54) is 0 Å². The Morgan fingerprint density at radius 3 is 2.86 bits per heavy atom. The monoisotopic (exact) mass is 302 g/mol. The van der Waals surface area contributed by atoms with Crippen molar-refractivity contribution >= 4 is 5.91 Å². The summed E-state index contributed by atoms with van der Waals surface area (Å²) >= 11 is 0. The number of hydrogen-bond acceptors (Lipinski definition) is 3. The molecule has 1 aromatic rings. The van der Waals surface area contributed by atoms with Gasteiger partial charge in [-0.25, -0.2) is 0 Å². The molecule has 21 heavy (non-hydrogen) atoms. The Kier molecular flexibility index (Phi) is 4.72. The average Bonchev–Trinajstić information content (AvgIpc) is 2.85. The Morgan fingerprint density at radius 1 is 1.43 bits per heavy atom. The number of hydrogen-bond donors (Lipinski definition) is 2. The maximum absolute atomic E-state index is 12.0. The fourth-order valence-electron chi connectivity index (χ4n) is 2.26. The zero-order valence-corrected chi connectivity index (χ0v) is 11.5. The molecule has 0 bridgehead atoms. The summed E-state index contributed by atoms with van der Waals surface area (Å²) in [6.45, 7) is 0.915. The molecule has 2 N–H and O–H groups in total. The van der Waals surface area contributed by atoms with Crippen molar-refractivity contribution in [2.75, 3.05) is 19.7 Å². The fourth-order valence-corrected chi connectivity index (χ4v) is 2.26. The van der Waals surface area contributed by atoms with E-state index in [1.54, 1.807) is 0 Å². The van der Waals surface area contributed by atoms with Gasteiger partial charge < -0.3 is 15.4 Å². The van der Waals surface area contributed by atoms with Crippen LogP contribution < -0.4 is 15.4 Å². The third-order valence-electron chi connectivity index (χ3n) is 3.41. The normalized spacial score (nSPS) is 18.8. The van der Waals surface area contributed by atoms with Crippen LogP contribution in [0.1, 0.15) is 18.4 Å². The number of para-hydroxylation sites is 1. The standard InChI is InChI=1S/C14H17F3N2O2/c1-9(18-6-13(20)19-8-14(15,16)17)11-7-21-12-5-3-2-4-10(11)12/h2-5,9,11,18H,6-8H2,1H3,(H,19,20)/t9-,11+/m1/s1. The molecule has 0 unspecified atom stereocenters. The lowest BCUT2D eigenvalue weighted by Crippen LogP contribution is -2.43. The van der Waals surface area contributed by atoms with Crippen LogP contribution in [-0.2, 0) is 4.79 Å². The second-order valence-corrected chi connectivity index (χ2v) is 5.02. The third kappa shape index (κ3) is 4.35. The molecular weight excluding hydrogens is 285 g/mol. The van der Waals surface area contributed by atoms with Gasteiger partial charge in [0.2, 0.25) is 5.91 Å². The summed E-state index contributed by atoms with van der Waals surface area (Å²) in [4.78, 5) is 11.3. The van der Waals surface area contributed by atoms with E-state index in [1.807, 2.05) is 36.5 Å². The molecule has 7 heteroatoms. The van der Waals surface area contributed by atoms with Gasteiger partial charge in [0.15, 0.2) is 0 Å². The maximum Gasteiger partial charge on any atom is 0.405 e. The zero-order valence-electron chi connectivity index (χ0n) is 11.5. The van der Waals surface area contributed by atoms with Crippen molar-refractivity contribution in [2.45, 2.75) is 25.1 Å². The summed E-state index contributed by atoms with van der Waals surface area (Å²) in [6.07, 6.45) is -4.39. The number of rotatable bonds is 5. The second kappa shape index (κ2) is 6.34. The number of nitrogens with one attached hydrogen (secondary N) is 2. The van der Waals surface area contributed by atoms with Gasteiger partial charge in [-0.1, -0.05) is 18.2 Å². The van der Waals surface area contributed by atoms with Gasteiger partial charge in [-0.2, -0.15) is 13.2 Å². The number of amides is 1. The summed E-state index contributed by atoms with van der Waals surface area (Å²) in [5.74, 6) is 0.223. The minimum atomic E-state index is -4.39. The first-order valence-electron chi connectivity index (χ1n) is 6.65. The minimum absolute atomic E-state index is 0.0784. The highest BCUT2D eigenvalue weighted by molar-refractivity contribution is 5.78. The molecule has 0 saturated carbocycles. The van der Waals surface area contributed by atoms with Gasteiger partial charge in [0.25, 0.3) is 0 Å². The van der Waals surface area contributed by atoms with Crippen LogP contribution in [-0.4, -0.2) is 37.8 Å². The van der Waals surface area contributed by atoms with Crippen LogP contribution >= 0.6 is 0 Å². The number of benzene rings is 1. The largest absolute Gasteiger partial charge is 0.493 e. The summed E-state index contributed by atoms with van der Waals surface area (Å²) in [7, 11) is 0. The number of alkyl halides is 3. The Labute approximate surface area is 120 Å². The molecule has 116 valence electrons. The minimum Gasteiger partial charge on any atom is -0.493 e. The van der Waals surface area contributed by atoms with Crippen LogP contribution in [0.25, 0.3) is 0 Å². The molecule has 0 spiro atoms. The van der Waals surface area contributed by atoms with E-state index in [0.717, 1.165) is 11.3 Å². The van der Waals surface area contributed by atoms with Crippen LogP contribution in [0.2, 0.25) is 0 Å². The SMILES string of the molecule is C[C@@H](NCC(=O)NCC(F)(F)F)[C@@H]1COc2ccccc21. The van der Waals surface area contributed by atoms with Gasteiger partial charge >= 0.3 is 6.18 Å². The molecule has 2 rings (SSSR count). The van der Waals surface area contributed by atoms with Gasteiger partial charge in [-0.3, -0.25) is 4.79 Å². The third-order valence-corrected chi connectivity index (χ3v) is 3.41. The second-order valence-electron chi connectivity index (χ2n) is 5.02. The number of halogens is 3. The Balaban J connectivity index is 1.81. The van der Waals surface area contributed by atoms with E-state index in [0.29, 0.717) is 6.61 Å². The van der Waals surface area contributed by atoms with Crippen molar-refractivity contribution in [3.05, 3.63) is 29.8 Å². The van der Waals surface area contributed by atoms with Gasteiger partial charge in [0, 0.05) is 17.5 Å². The maximum atomic E-state index is 12.0. The predicted octanol–water partition coefficient (Wildman–Crippen LogP) is 1.82. The number of ether oxygens (including phenoxy) is 1. The van der Waals surface area contributed by atoms with E-state index >= 15 is 0 Å². The molecule has 0 saturated heterocycles. The van der Waals surface area contributed by atoms with Crippen molar-refractivity contribution in [3.63, 3.8) is 0 Å². The Hall–Kier alpha value is -1.76. The van der Waals surface area contributed by atoms with Gasteiger partial charge in [-0.05, 0) is 13.0 Å². The molecule has 1 amide bonds. The smallest absolute Gasteiger partial charge is 0.405 e. The molecule has 0 aromatic heterocycles. The summed E-state index contributed by atoms with van der Waals surface area (Å²) in [6, 6.07) is 7.53. The van der Waals surface area contributed by atoms with E-state index in [-0.39, 0.29) is 18.5 Å². The van der Waals surface area contributed by atoms with Crippen molar-refractivity contribution < 1.29 is 22.7 Å². The molecule has 2 atom stereocenters. The lowest BCUT2D eigenvalue weighted by atomic mass is 9.94. The van der Waals surface area contributed by atoms with E-state index in [2.05, 4.69) is 5.32 Å². The number of fused-ring (bicyclic) bond motifs is 1. The van der Waals surface area contributed by atoms with Crippen molar-refractivity contribution in [1.82, 2.24) is 10.6 Å². The molecule has 0 radical (unpaired) electrons. The van der Waals surface area contributed by atoms with E-state index in [9.17, 15) is 18.0 Å².